The first-order valence-electron chi connectivity index (χ1n) is 2.76. The van der Waals surface area contributed by atoms with Crippen LogP contribution in [-0.4, -0.2) is 13.1 Å². The Morgan fingerprint density at radius 3 is 2.67 bits per heavy atom. The van der Waals surface area contributed by atoms with Gasteiger partial charge in [0.25, 0.3) is 0 Å². The lowest BCUT2D eigenvalue weighted by Crippen LogP contribution is -1.89. The molecule has 0 amide bonds. The van der Waals surface area contributed by atoms with Crippen LogP contribution in [0.25, 0.3) is 0 Å². The van der Waals surface area contributed by atoms with E-state index in [1.54, 1.807) is 0 Å². The normalized spacial score (nSPS) is 12.2. The van der Waals surface area contributed by atoms with Gasteiger partial charge in [-0.05, 0) is 12.3 Å². The molecule has 0 aliphatic rings. The van der Waals surface area contributed by atoms with Crippen LogP contribution in [0.4, 0.5) is 0 Å². The van der Waals surface area contributed by atoms with E-state index in [0.29, 0.717) is 12.5 Å². The highest BCUT2D eigenvalue weighted by Gasteiger charge is 1.86. The summed E-state index contributed by atoms with van der Waals surface area (Å²) in [5, 5.41) is 4.10. The van der Waals surface area contributed by atoms with E-state index in [9.17, 15) is 0 Å². The molecule has 1 nitrogen and oxygen atoms in total. The van der Waals surface area contributed by atoms with E-state index in [1.165, 1.54) is 0 Å². The van der Waals surface area contributed by atoms with E-state index in [0.717, 1.165) is 6.42 Å². The largest absolute Gasteiger partial charge is 0.396 e. The van der Waals surface area contributed by atoms with Crippen LogP contribution in [-0.2, 0) is 0 Å². The summed E-state index contributed by atoms with van der Waals surface area (Å²) in [4.78, 5) is 0. The van der Waals surface area contributed by atoms with Crippen LogP contribution < -0.4 is 0 Å². The molecule has 0 atom stereocenters. The van der Waals surface area contributed by atoms with Gasteiger partial charge in [0, 0.05) is 6.61 Å². The highest BCUT2D eigenvalue weighted by molar-refractivity contribution is 4.38. The predicted molar refractivity (Wildman–Crippen MR) is 26.5 cm³/mol. The highest BCUT2D eigenvalue weighted by atomic mass is 16.2. The SMILES string of the molecule is [2H]OCCC(C)C. The second-order valence-corrected chi connectivity index (χ2v) is 1.89. The molecule has 6 heavy (non-hydrogen) atoms. The van der Waals surface area contributed by atoms with Gasteiger partial charge in [-0.15, -0.1) is 0 Å². The van der Waals surface area contributed by atoms with Crippen molar-refractivity contribution in [1.29, 1.82) is 1.43 Å². The molecule has 0 unspecified atom stereocenters. The molecule has 0 saturated heterocycles. The summed E-state index contributed by atoms with van der Waals surface area (Å²) in [6.07, 6.45) is 0.990. The fourth-order valence-electron chi connectivity index (χ4n) is 0.236. The number of hydrogen-bond donors (Lipinski definition) is 1. The van der Waals surface area contributed by atoms with Gasteiger partial charge >= 0.3 is 0 Å². The topological polar surface area (TPSA) is 20.2 Å². The molecule has 0 aromatic rings. The molecule has 0 spiro atoms. The van der Waals surface area contributed by atoms with Gasteiger partial charge in [0.05, 0.1) is 0 Å². The molecule has 38 valence electrons. The average Bonchev–Trinajstić information content (AvgIpc) is 1.61. The fourth-order valence-corrected chi connectivity index (χ4v) is 0.236. The minimum absolute atomic E-state index is 0.567. The summed E-state index contributed by atoms with van der Waals surface area (Å²) < 4.78 is 6.30. The van der Waals surface area contributed by atoms with Crippen molar-refractivity contribution in [2.45, 2.75) is 20.3 Å². The van der Waals surface area contributed by atoms with Crippen LogP contribution in [0.15, 0.2) is 0 Å². The fraction of sp³-hybridized carbons (Fsp3) is 1.00. The number of rotatable bonds is 3. The van der Waals surface area contributed by atoms with Gasteiger partial charge < -0.3 is 5.11 Å². The van der Waals surface area contributed by atoms with Gasteiger partial charge in [0.1, 0.15) is 0 Å². The Morgan fingerprint density at radius 2 is 2.50 bits per heavy atom. The van der Waals surface area contributed by atoms with Gasteiger partial charge in [-0.1, -0.05) is 13.8 Å². The first kappa shape index (κ1) is 4.13. The van der Waals surface area contributed by atoms with Crippen LogP contribution in [0, 0.1) is 5.92 Å². The van der Waals surface area contributed by atoms with Gasteiger partial charge in [0.2, 0.25) is 1.43 Å². The third-order valence-electron chi connectivity index (χ3n) is 0.695. The molecule has 1 N–H and O–H groups in total. The first-order valence-corrected chi connectivity index (χ1v) is 2.35. The monoisotopic (exact) mass is 89.1 g/mol. The number of aliphatic hydroxyl groups excluding tert-OH is 1. The van der Waals surface area contributed by atoms with Crippen LogP contribution in [0.2, 0.25) is 0 Å². The Balaban J connectivity index is 2.68. The molecule has 0 aromatic heterocycles. The average molecular weight is 89.2 g/mol. The smallest absolute Gasteiger partial charge is 0.210 e. The molecule has 0 aromatic carbocycles. The molecule has 0 saturated carbocycles. The van der Waals surface area contributed by atoms with Gasteiger partial charge in [0.15, 0.2) is 0 Å². The molecular formula is C5H12O. The molecule has 0 aliphatic carbocycles. The summed E-state index contributed by atoms with van der Waals surface area (Å²) in [6, 6.07) is 0. The molecule has 0 rings (SSSR count). The number of aliphatic hydroxyl groups is 1. The van der Waals surface area contributed by atoms with Crippen LogP contribution in [0.1, 0.15) is 20.3 Å². The summed E-state index contributed by atoms with van der Waals surface area (Å²) in [5.41, 5.74) is 0. The van der Waals surface area contributed by atoms with Crippen molar-refractivity contribution >= 4 is 0 Å². The summed E-state index contributed by atoms with van der Waals surface area (Å²) in [7, 11) is 0. The van der Waals surface area contributed by atoms with E-state index in [2.05, 4.69) is 19.0 Å². The zero-order valence-corrected chi connectivity index (χ0v) is 4.40. The molecule has 0 heterocycles. The molecule has 0 radical (unpaired) electrons. The van der Waals surface area contributed by atoms with E-state index >= 15 is 0 Å². The Bertz CT molecular complexity index is 37.1. The second kappa shape index (κ2) is 3.16. The zero-order valence-electron chi connectivity index (χ0n) is 5.40. The lowest BCUT2D eigenvalue weighted by Gasteiger charge is -1.95. The third kappa shape index (κ3) is 3.96. The molecule has 1 heteroatoms. The van der Waals surface area contributed by atoms with E-state index in [4.69, 9.17) is 1.43 Å². The number of hydrogen-bond acceptors (Lipinski definition) is 1. The minimum Gasteiger partial charge on any atom is -0.396 e. The van der Waals surface area contributed by atoms with Crippen LogP contribution in [0.5, 0.6) is 0 Å². The first-order chi connectivity index (χ1) is 3.27. The van der Waals surface area contributed by atoms with Crippen LogP contribution in [0.3, 0.4) is 0 Å². The predicted octanol–water partition coefficient (Wildman–Crippen LogP) is 1.02. The highest BCUT2D eigenvalue weighted by Crippen LogP contribution is 1.94. The lowest BCUT2D eigenvalue weighted by molar-refractivity contribution is 0.268. The molecule has 0 aliphatic heterocycles. The van der Waals surface area contributed by atoms with Gasteiger partial charge in [-0.2, -0.15) is 0 Å². The Kier molecular flexibility index (Phi) is 2.18. The second-order valence-electron chi connectivity index (χ2n) is 1.89. The lowest BCUT2D eigenvalue weighted by atomic mass is 10.2. The van der Waals surface area contributed by atoms with Crippen molar-refractivity contribution in [2.75, 3.05) is 6.61 Å². The van der Waals surface area contributed by atoms with Gasteiger partial charge in [-0.3, -0.25) is 0 Å². The van der Waals surface area contributed by atoms with Gasteiger partial charge in [-0.25, -0.2) is 0 Å². The zero-order chi connectivity index (χ0) is 5.70. The van der Waals surface area contributed by atoms with Crippen molar-refractivity contribution < 1.29 is 5.11 Å². The van der Waals surface area contributed by atoms with Crippen molar-refractivity contribution in [2.24, 2.45) is 5.92 Å². The maximum Gasteiger partial charge on any atom is 0.210 e. The van der Waals surface area contributed by atoms with Crippen molar-refractivity contribution in [3.63, 3.8) is 0 Å². The van der Waals surface area contributed by atoms with E-state index in [1.807, 2.05) is 0 Å². The quantitative estimate of drug-likeness (QED) is 0.547. The maximum atomic E-state index is 6.30. The Morgan fingerprint density at radius 1 is 1.83 bits per heavy atom. The molecule has 0 fully saturated rings. The van der Waals surface area contributed by atoms with E-state index in [-0.39, 0.29) is 0 Å². The van der Waals surface area contributed by atoms with Crippen molar-refractivity contribution in [3.8, 4) is 0 Å². The maximum absolute atomic E-state index is 6.30. The minimum atomic E-state index is 0.567. The Labute approximate surface area is 40.5 Å². The summed E-state index contributed by atoms with van der Waals surface area (Å²) in [5.74, 6) is 0.658. The van der Waals surface area contributed by atoms with Crippen molar-refractivity contribution in [3.05, 3.63) is 0 Å². The molecular weight excluding hydrogens is 76.1 g/mol. The third-order valence-corrected chi connectivity index (χ3v) is 0.695. The standard InChI is InChI=1S/C5H12O/c1-5(2)3-4-6/h5-6H,3-4H2,1-2H3/i6D. The van der Waals surface area contributed by atoms with Crippen molar-refractivity contribution in [1.82, 2.24) is 0 Å². The summed E-state index contributed by atoms with van der Waals surface area (Å²) in [6.45, 7) is 4.79. The summed E-state index contributed by atoms with van der Waals surface area (Å²) >= 11 is 0. The molecule has 0 bridgehead atoms. The van der Waals surface area contributed by atoms with E-state index < -0.39 is 0 Å². The Hall–Kier alpha value is -0.0400. The van der Waals surface area contributed by atoms with Crippen LogP contribution >= 0.6 is 0 Å².